The number of carbonyl (C=O) groups excluding carboxylic acids is 1. The van der Waals surface area contributed by atoms with Gasteiger partial charge in [0.1, 0.15) is 0 Å². The Hall–Kier alpha value is -2.29. The Bertz CT molecular complexity index is 713. The molecule has 0 radical (unpaired) electrons. The summed E-state index contributed by atoms with van der Waals surface area (Å²) in [6.07, 6.45) is 3.72. The van der Waals surface area contributed by atoms with Crippen LogP contribution >= 0.6 is 0 Å². The van der Waals surface area contributed by atoms with E-state index in [1.165, 1.54) is 16.8 Å². The van der Waals surface area contributed by atoms with Gasteiger partial charge in [0.05, 0.1) is 5.41 Å². The molecule has 0 fully saturated rings. The van der Waals surface area contributed by atoms with E-state index in [1.54, 1.807) is 0 Å². The summed E-state index contributed by atoms with van der Waals surface area (Å²) in [5.74, 6) is 0.198. The maximum Gasteiger partial charge on any atom is 0.226 e. The average Bonchev–Trinajstić information content (AvgIpc) is 2.65. The Labute approximate surface area is 151 Å². The first-order valence-corrected chi connectivity index (χ1v) is 9.20. The molecular weight excluding hydrogens is 308 g/mol. The number of fused-ring (bicyclic) bond motifs is 1. The number of hydrogen-bond donors (Lipinski definition) is 1. The van der Waals surface area contributed by atoms with Crippen LogP contribution in [0.4, 0.5) is 5.69 Å². The second-order valence-electron chi connectivity index (χ2n) is 7.37. The van der Waals surface area contributed by atoms with Gasteiger partial charge in [0.25, 0.3) is 0 Å². The lowest BCUT2D eigenvalue weighted by Crippen LogP contribution is -2.43. The summed E-state index contributed by atoms with van der Waals surface area (Å²) in [4.78, 5) is 14.9. The van der Waals surface area contributed by atoms with Crippen molar-refractivity contribution in [3.8, 4) is 0 Å². The molecule has 0 bridgehead atoms. The lowest BCUT2D eigenvalue weighted by molar-refractivity contribution is -0.130. The molecule has 0 aliphatic heterocycles. The van der Waals surface area contributed by atoms with E-state index in [1.807, 2.05) is 6.07 Å². The monoisotopic (exact) mass is 336 g/mol. The highest BCUT2D eigenvalue weighted by Gasteiger charge is 2.36. The number of carbonyl (C=O) groups is 1. The molecule has 2 aromatic carbocycles. The van der Waals surface area contributed by atoms with Crippen LogP contribution in [0.5, 0.6) is 0 Å². The molecular formula is C22H28N2O. The highest BCUT2D eigenvalue weighted by atomic mass is 16.2. The molecule has 3 rings (SSSR count). The Balaban J connectivity index is 1.47. The van der Waals surface area contributed by atoms with Crippen molar-refractivity contribution in [3.63, 3.8) is 0 Å². The van der Waals surface area contributed by atoms with Gasteiger partial charge in [-0.15, -0.1) is 0 Å². The summed E-state index contributed by atoms with van der Waals surface area (Å²) in [6.45, 7) is 3.77. The van der Waals surface area contributed by atoms with Gasteiger partial charge in [0, 0.05) is 25.8 Å². The average molecular weight is 336 g/mol. The SMILES string of the molecule is CN(CCCNC(=O)C1(C)CCc2ccccc2C1)c1ccccc1. The summed E-state index contributed by atoms with van der Waals surface area (Å²) in [6, 6.07) is 18.9. The fourth-order valence-electron chi connectivity index (χ4n) is 3.63. The molecule has 1 atom stereocenters. The van der Waals surface area contributed by atoms with Crippen LogP contribution in [0.3, 0.4) is 0 Å². The number of hydrogen-bond acceptors (Lipinski definition) is 2. The van der Waals surface area contributed by atoms with E-state index in [0.29, 0.717) is 0 Å². The number of rotatable bonds is 6. The van der Waals surface area contributed by atoms with Gasteiger partial charge in [-0.2, -0.15) is 0 Å². The molecule has 2 aromatic rings. The molecule has 0 saturated heterocycles. The highest BCUT2D eigenvalue weighted by molar-refractivity contribution is 5.83. The lowest BCUT2D eigenvalue weighted by atomic mass is 9.72. The summed E-state index contributed by atoms with van der Waals surface area (Å²) in [5, 5.41) is 3.16. The van der Waals surface area contributed by atoms with Crippen LogP contribution in [0.1, 0.15) is 30.9 Å². The maximum atomic E-state index is 12.7. The standard InChI is InChI=1S/C22H28N2O/c1-22(14-13-18-9-6-7-10-19(18)17-22)21(25)23-15-8-16-24(2)20-11-4-3-5-12-20/h3-7,9-12H,8,13-17H2,1-2H3,(H,23,25). The predicted octanol–water partition coefficient (Wildman–Crippen LogP) is 3.82. The van der Waals surface area contributed by atoms with E-state index < -0.39 is 0 Å². The van der Waals surface area contributed by atoms with Crippen LogP contribution < -0.4 is 10.2 Å². The number of aryl methyl sites for hydroxylation is 1. The third kappa shape index (κ3) is 4.22. The van der Waals surface area contributed by atoms with E-state index >= 15 is 0 Å². The molecule has 0 spiro atoms. The molecule has 3 heteroatoms. The number of benzene rings is 2. The van der Waals surface area contributed by atoms with Gasteiger partial charge < -0.3 is 10.2 Å². The molecule has 0 aromatic heterocycles. The van der Waals surface area contributed by atoms with Crippen LogP contribution in [0.15, 0.2) is 54.6 Å². The third-order valence-corrected chi connectivity index (χ3v) is 5.35. The van der Waals surface area contributed by atoms with Gasteiger partial charge in [-0.3, -0.25) is 4.79 Å². The number of nitrogens with one attached hydrogen (secondary N) is 1. The van der Waals surface area contributed by atoms with Gasteiger partial charge >= 0.3 is 0 Å². The minimum atomic E-state index is -0.278. The third-order valence-electron chi connectivity index (χ3n) is 5.35. The Morgan fingerprint density at radius 2 is 1.76 bits per heavy atom. The number of anilines is 1. The molecule has 0 saturated carbocycles. The topological polar surface area (TPSA) is 32.3 Å². The molecule has 0 heterocycles. The zero-order chi connectivity index (χ0) is 17.7. The maximum absolute atomic E-state index is 12.7. The minimum absolute atomic E-state index is 0.198. The molecule has 1 aliphatic rings. The number of para-hydroxylation sites is 1. The second kappa shape index (κ2) is 7.73. The minimum Gasteiger partial charge on any atom is -0.375 e. The first-order chi connectivity index (χ1) is 12.1. The van der Waals surface area contributed by atoms with Crippen LogP contribution in [0, 0.1) is 5.41 Å². The Morgan fingerprint density at radius 1 is 1.08 bits per heavy atom. The van der Waals surface area contributed by atoms with Crippen molar-refractivity contribution in [1.29, 1.82) is 0 Å². The molecule has 1 N–H and O–H groups in total. The van der Waals surface area contributed by atoms with Crippen LogP contribution in [0.2, 0.25) is 0 Å². The summed E-state index contributed by atoms with van der Waals surface area (Å²) >= 11 is 0. The second-order valence-corrected chi connectivity index (χ2v) is 7.37. The molecule has 1 aliphatic carbocycles. The lowest BCUT2D eigenvalue weighted by Gasteiger charge is -2.33. The van der Waals surface area contributed by atoms with Crippen molar-refractivity contribution >= 4 is 11.6 Å². The number of nitrogens with zero attached hydrogens (tertiary/aromatic N) is 1. The van der Waals surface area contributed by atoms with Gasteiger partial charge in [0.15, 0.2) is 0 Å². The largest absolute Gasteiger partial charge is 0.375 e. The zero-order valence-corrected chi connectivity index (χ0v) is 15.3. The van der Waals surface area contributed by atoms with E-state index in [4.69, 9.17) is 0 Å². The molecule has 3 nitrogen and oxygen atoms in total. The quantitative estimate of drug-likeness (QED) is 0.813. The van der Waals surface area contributed by atoms with E-state index in [9.17, 15) is 4.79 Å². The fraction of sp³-hybridized carbons (Fsp3) is 0.409. The highest BCUT2D eigenvalue weighted by Crippen LogP contribution is 2.35. The van der Waals surface area contributed by atoms with Crippen molar-refractivity contribution in [3.05, 3.63) is 65.7 Å². The van der Waals surface area contributed by atoms with Crippen molar-refractivity contribution in [2.45, 2.75) is 32.6 Å². The fourth-order valence-corrected chi connectivity index (χ4v) is 3.63. The summed E-state index contributed by atoms with van der Waals surface area (Å²) < 4.78 is 0. The normalized spacial score (nSPS) is 19.1. The summed E-state index contributed by atoms with van der Waals surface area (Å²) in [5.41, 5.74) is 3.66. The van der Waals surface area contributed by atoms with Gasteiger partial charge in [-0.1, -0.05) is 49.4 Å². The molecule has 1 amide bonds. The molecule has 132 valence electrons. The van der Waals surface area contributed by atoms with Gasteiger partial charge in [-0.05, 0) is 48.9 Å². The van der Waals surface area contributed by atoms with Crippen molar-refractivity contribution < 1.29 is 4.79 Å². The van der Waals surface area contributed by atoms with E-state index in [-0.39, 0.29) is 11.3 Å². The molecule has 25 heavy (non-hydrogen) atoms. The Morgan fingerprint density at radius 3 is 2.52 bits per heavy atom. The summed E-state index contributed by atoms with van der Waals surface area (Å²) in [7, 11) is 2.09. The van der Waals surface area contributed by atoms with E-state index in [2.05, 4.69) is 72.7 Å². The first-order valence-electron chi connectivity index (χ1n) is 9.20. The first kappa shape index (κ1) is 17.5. The van der Waals surface area contributed by atoms with Crippen LogP contribution in [-0.4, -0.2) is 26.0 Å². The van der Waals surface area contributed by atoms with Gasteiger partial charge in [-0.25, -0.2) is 0 Å². The Kier molecular flexibility index (Phi) is 5.42. The van der Waals surface area contributed by atoms with Crippen molar-refractivity contribution in [2.75, 3.05) is 25.0 Å². The smallest absolute Gasteiger partial charge is 0.226 e. The van der Waals surface area contributed by atoms with E-state index in [0.717, 1.165) is 38.8 Å². The van der Waals surface area contributed by atoms with Gasteiger partial charge in [0.2, 0.25) is 5.91 Å². The van der Waals surface area contributed by atoms with Crippen LogP contribution in [0.25, 0.3) is 0 Å². The van der Waals surface area contributed by atoms with Crippen molar-refractivity contribution in [1.82, 2.24) is 5.32 Å². The predicted molar refractivity (Wildman–Crippen MR) is 104 cm³/mol. The molecule has 1 unspecified atom stereocenters. The van der Waals surface area contributed by atoms with Crippen LogP contribution in [-0.2, 0) is 17.6 Å². The van der Waals surface area contributed by atoms with Crippen molar-refractivity contribution in [2.24, 2.45) is 5.41 Å². The zero-order valence-electron chi connectivity index (χ0n) is 15.3. The number of amides is 1.